The van der Waals surface area contributed by atoms with E-state index in [-0.39, 0.29) is 5.56 Å². The number of aromatic nitrogens is 4. The summed E-state index contributed by atoms with van der Waals surface area (Å²) in [6.07, 6.45) is 0. The highest BCUT2D eigenvalue weighted by molar-refractivity contribution is 5.97. The lowest BCUT2D eigenvalue weighted by atomic mass is 10.0. The Hall–Kier alpha value is -3.99. The van der Waals surface area contributed by atoms with Gasteiger partial charge < -0.3 is 0 Å². The van der Waals surface area contributed by atoms with Gasteiger partial charge in [-0.05, 0) is 5.56 Å². The van der Waals surface area contributed by atoms with Gasteiger partial charge in [-0.3, -0.25) is 9.89 Å². The zero-order valence-electron chi connectivity index (χ0n) is 14.9. The molecular weight excluding hydrogens is 348 g/mol. The topological polar surface area (TPSA) is 63.6 Å². The van der Waals surface area contributed by atoms with Crippen LogP contribution in [0.25, 0.3) is 39.1 Å². The molecule has 28 heavy (non-hydrogen) atoms. The van der Waals surface area contributed by atoms with Crippen molar-refractivity contribution in [1.29, 1.82) is 0 Å². The van der Waals surface area contributed by atoms with E-state index in [4.69, 9.17) is 0 Å². The van der Waals surface area contributed by atoms with Gasteiger partial charge >= 0.3 is 0 Å². The summed E-state index contributed by atoms with van der Waals surface area (Å²) in [5.74, 6) is 0.488. The Labute approximate surface area is 160 Å². The minimum absolute atomic E-state index is 0.175. The van der Waals surface area contributed by atoms with E-state index in [2.05, 4.69) is 15.3 Å². The number of aromatic amines is 1. The third kappa shape index (κ3) is 2.70. The average molecular weight is 364 g/mol. The van der Waals surface area contributed by atoms with Crippen LogP contribution in [-0.2, 0) is 0 Å². The zero-order chi connectivity index (χ0) is 18.9. The molecule has 0 atom stereocenters. The molecule has 0 aliphatic rings. The van der Waals surface area contributed by atoms with Gasteiger partial charge in [-0.15, -0.1) is 10.2 Å². The molecule has 5 rings (SSSR count). The van der Waals surface area contributed by atoms with Gasteiger partial charge in [0, 0.05) is 22.4 Å². The van der Waals surface area contributed by atoms with Crippen molar-refractivity contribution in [1.82, 2.24) is 20.0 Å². The molecule has 0 spiro atoms. The van der Waals surface area contributed by atoms with E-state index < -0.39 is 0 Å². The summed E-state index contributed by atoms with van der Waals surface area (Å²) < 4.78 is 1.45. The molecule has 5 heteroatoms. The van der Waals surface area contributed by atoms with Crippen molar-refractivity contribution in [3.63, 3.8) is 0 Å². The second-order valence-electron chi connectivity index (χ2n) is 6.49. The Morgan fingerprint density at radius 2 is 1.29 bits per heavy atom. The number of rotatable bonds is 3. The van der Waals surface area contributed by atoms with Crippen LogP contribution < -0.4 is 5.56 Å². The Kier molecular flexibility index (Phi) is 3.84. The number of hydrogen-bond acceptors (Lipinski definition) is 3. The van der Waals surface area contributed by atoms with Crippen molar-refractivity contribution in [3.05, 3.63) is 101 Å². The quantitative estimate of drug-likeness (QED) is 0.515. The van der Waals surface area contributed by atoms with Crippen LogP contribution in [0.2, 0.25) is 0 Å². The third-order valence-electron chi connectivity index (χ3n) is 4.73. The molecule has 5 nitrogen and oxygen atoms in total. The number of nitrogens with zero attached hydrogens (tertiary/aromatic N) is 3. The first-order valence-electron chi connectivity index (χ1n) is 9.00. The van der Waals surface area contributed by atoms with E-state index in [1.165, 1.54) is 4.68 Å². The fourth-order valence-corrected chi connectivity index (χ4v) is 3.38. The molecule has 0 amide bonds. The van der Waals surface area contributed by atoms with Gasteiger partial charge in [0.1, 0.15) is 5.69 Å². The Bertz CT molecular complexity index is 1320. The third-order valence-corrected chi connectivity index (χ3v) is 4.73. The number of fused-ring (bicyclic) bond motifs is 1. The fraction of sp³-hybridized carbons (Fsp3) is 0. The minimum Gasteiger partial charge on any atom is -0.289 e. The molecule has 3 aromatic carbocycles. The number of nitrogens with one attached hydrogen (secondary N) is 1. The molecule has 0 saturated heterocycles. The van der Waals surface area contributed by atoms with Crippen molar-refractivity contribution < 1.29 is 0 Å². The summed E-state index contributed by atoms with van der Waals surface area (Å²) in [5, 5.41) is 13.8. The predicted molar refractivity (Wildman–Crippen MR) is 110 cm³/mol. The molecule has 0 radical (unpaired) electrons. The van der Waals surface area contributed by atoms with E-state index in [1.807, 2.05) is 84.9 Å². The Balaban J connectivity index is 1.72. The van der Waals surface area contributed by atoms with Crippen LogP contribution in [0.3, 0.4) is 0 Å². The van der Waals surface area contributed by atoms with Gasteiger partial charge in [-0.1, -0.05) is 84.9 Å². The molecule has 0 unspecified atom stereocenters. The van der Waals surface area contributed by atoms with Crippen molar-refractivity contribution in [3.8, 4) is 28.3 Å². The Morgan fingerprint density at radius 1 is 0.679 bits per heavy atom. The summed E-state index contributed by atoms with van der Waals surface area (Å²) in [4.78, 5) is 12.7. The van der Waals surface area contributed by atoms with Crippen molar-refractivity contribution in [2.45, 2.75) is 0 Å². The van der Waals surface area contributed by atoms with Gasteiger partial charge in [-0.25, -0.2) is 0 Å². The molecular formula is C23H16N4O. The van der Waals surface area contributed by atoms with Gasteiger partial charge in [0.25, 0.3) is 5.56 Å². The first-order chi connectivity index (χ1) is 13.8. The summed E-state index contributed by atoms with van der Waals surface area (Å²) in [6.45, 7) is 0. The standard InChI is InChI=1S/C23H16N4O/c28-21-15-20(16-9-3-1-4-10-16)26-27(21)23-19-14-8-7-13-18(19)22(24-25-23)17-11-5-2-6-12-17/h1-15,26H. The highest BCUT2D eigenvalue weighted by Gasteiger charge is 2.15. The zero-order valence-corrected chi connectivity index (χ0v) is 14.9. The number of H-pyrrole nitrogens is 1. The first-order valence-corrected chi connectivity index (χ1v) is 9.00. The van der Waals surface area contributed by atoms with E-state index in [1.54, 1.807) is 6.07 Å². The van der Waals surface area contributed by atoms with Crippen LogP contribution in [0, 0.1) is 0 Å². The van der Waals surface area contributed by atoms with Crippen molar-refractivity contribution >= 4 is 10.8 Å². The maximum absolute atomic E-state index is 12.7. The normalized spacial score (nSPS) is 11.0. The summed E-state index contributed by atoms with van der Waals surface area (Å²) in [5.41, 5.74) is 3.29. The van der Waals surface area contributed by atoms with Crippen LogP contribution in [0.1, 0.15) is 0 Å². The van der Waals surface area contributed by atoms with Crippen LogP contribution in [0.5, 0.6) is 0 Å². The predicted octanol–water partition coefficient (Wildman–Crippen LogP) is 4.44. The maximum atomic E-state index is 12.7. The molecule has 134 valence electrons. The van der Waals surface area contributed by atoms with E-state index in [9.17, 15) is 4.79 Å². The van der Waals surface area contributed by atoms with Gasteiger partial charge in [0.05, 0.1) is 5.69 Å². The van der Waals surface area contributed by atoms with E-state index in [0.29, 0.717) is 5.82 Å². The smallest absolute Gasteiger partial charge is 0.273 e. The molecule has 0 aliphatic carbocycles. The number of benzene rings is 3. The second-order valence-corrected chi connectivity index (χ2v) is 6.49. The lowest BCUT2D eigenvalue weighted by molar-refractivity contribution is 0.805. The molecule has 0 aliphatic heterocycles. The molecule has 0 fully saturated rings. The molecule has 5 aromatic rings. The maximum Gasteiger partial charge on any atom is 0.273 e. The van der Waals surface area contributed by atoms with Crippen molar-refractivity contribution in [2.75, 3.05) is 0 Å². The summed E-state index contributed by atoms with van der Waals surface area (Å²) in [7, 11) is 0. The molecule has 2 aromatic heterocycles. The average Bonchev–Trinajstić information content (AvgIpc) is 3.15. The van der Waals surface area contributed by atoms with E-state index >= 15 is 0 Å². The van der Waals surface area contributed by atoms with Crippen molar-refractivity contribution in [2.24, 2.45) is 0 Å². The van der Waals surface area contributed by atoms with Gasteiger partial charge in [0.15, 0.2) is 5.82 Å². The molecule has 0 bridgehead atoms. The summed E-state index contributed by atoms with van der Waals surface area (Å²) >= 11 is 0. The van der Waals surface area contributed by atoms with Gasteiger partial charge in [-0.2, -0.15) is 4.68 Å². The van der Waals surface area contributed by atoms with Crippen LogP contribution in [0.4, 0.5) is 0 Å². The molecule has 2 heterocycles. The lowest BCUT2D eigenvalue weighted by Crippen LogP contribution is -2.16. The van der Waals surface area contributed by atoms with Crippen LogP contribution >= 0.6 is 0 Å². The molecule has 0 saturated carbocycles. The fourth-order valence-electron chi connectivity index (χ4n) is 3.38. The Morgan fingerprint density at radius 3 is 2.00 bits per heavy atom. The van der Waals surface area contributed by atoms with Crippen LogP contribution in [0.15, 0.2) is 95.8 Å². The monoisotopic (exact) mass is 364 g/mol. The minimum atomic E-state index is -0.175. The lowest BCUT2D eigenvalue weighted by Gasteiger charge is -2.09. The highest BCUT2D eigenvalue weighted by atomic mass is 16.1. The number of hydrogen-bond donors (Lipinski definition) is 1. The van der Waals surface area contributed by atoms with Gasteiger partial charge in [0.2, 0.25) is 0 Å². The SMILES string of the molecule is O=c1cc(-c2ccccc2)[nH]n1-c1nnc(-c2ccccc2)c2ccccc12. The van der Waals surface area contributed by atoms with Crippen LogP contribution in [-0.4, -0.2) is 20.0 Å². The first kappa shape index (κ1) is 16.2. The summed E-state index contributed by atoms with van der Waals surface area (Å²) in [6, 6.07) is 29.1. The second kappa shape index (κ2) is 6.63. The van der Waals surface area contributed by atoms with E-state index in [0.717, 1.165) is 33.3 Å². The highest BCUT2D eigenvalue weighted by Crippen LogP contribution is 2.28. The largest absolute Gasteiger partial charge is 0.289 e. The molecule has 1 N–H and O–H groups in total.